The second-order valence-electron chi connectivity index (χ2n) is 11.7. The van der Waals surface area contributed by atoms with Crippen molar-refractivity contribution in [1.82, 2.24) is 24.7 Å². The lowest BCUT2D eigenvalue weighted by Gasteiger charge is -2.45. The molecule has 0 radical (unpaired) electrons. The highest BCUT2D eigenvalue weighted by molar-refractivity contribution is 5.96. The standard InChI is InChI=1S/C30H41N5O2/c1-21(10-12-36)13-34-16-27(17-34)28(24-7-5-4-6-8-24)9-11-33-14-25-18-35(19-26(25)15-33)30(37)29-22(2)31-20-32-23(29)3/h4-8,12,20-21,25-28H,9-11,13-19H2,1-3H3. The molecule has 3 aliphatic heterocycles. The molecule has 7 heteroatoms. The number of benzene rings is 1. The average molecular weight is 504 g/mol. The monoisotopic (exact) mass is 503 g/mol. The zero-order valence-electron chi connectivity index (χ0n) is 22.6. The number of aldehydes is 1. The maximum Gasteiger partial charge on any atom is 0.257 e. The number of hydrogen-bond donors (Lipinski definition) is 0. The Morgan fingerprint density at radius 3 is 2.24 bits per heavy atom. The number of nitrogens with zero attached hydrogens (tertiary/aromatic N) is 5. The van der Waals surface area contributed by atoms with Gasteiger partial charge in [0.05, 0.1) is 17.0 Å². The van der Waals surface area contributed by atoms with Crippen LogP contribution in [0.25, 0.3) is 0 Å². The van der Waals surface area contributed by atoms with E-state index in [9.17, 15) is 9.59 Å². The van der Waals surface area contributed by atoms with Crippen LogP contribution < -0.4 is 0 Å². The van der Waals surface area contributed by atoms with E-state index in [0.717, 1.165) is 70.0 Å². The Morgan fingerprint density at radius 1 is 0.973 bits per heavy atom. The molecule has 37 heavy (non-hydrogen) atoms. The van der Waals surface area contributed by atoms with Gasteiger partial charge in [0.15, 0.2) is 0 Å². The van der Waals surface area contributed by atoms with Gasteiger partial charge in [-0.2, -0.15) is 0 Å². The number of fused-ring (bicyclic) bond motifs is 1. The maximum atomic E-state index is 13.2. The molecular weight excluding hydrogens is 462 g/mol. The first-order chi connectivity index (χ1) is 17.9. The molecule has 7 nitrogen and oxygen atoms in total. The topological polar surface area (TPSA) is 69.6 Å². The third-order valence-corrected chi connectivity index (χ3v) is 8.90. The summed E-state index contributed by atoms with van der Waals surface area (Å²) in [6.07, 6.45) is 4.42. The number of carbonyl (C=O) groups excluding carboxylic acids is 2. The number of amides is 1. The molecule has 0 aliphatic carbocycles. The fourth-order valence-electron chi connectivity index (χ4n) is 6.89. The normalized spacial score (nSPS) is 24.0. The summed E-state index contributed by atoms with van der Waals surface area (Å²) in [5, 5.41) is 0. The molecule has 3 fully saturated rings. The van der Waals surface area contributed by atoms with Crippen molar-refractivity contribution in [2.24, 2.45) is 23.7 Å². The molecule has 0 N–H and O–H groups in total. The molecule has 1 amide bonds. The summed E-state index contributed by atoms with van der Waals surface area (Å²) in [7, 11) is 0. The first kappa shape index (κ1) is 26.0. The fraction of sp³-hybridized carbons (Fsp3) is 0.600. The summed E-state index contributed by atoms with van der Waals surface area (Å²) in [4.78, 5) is 39.8. The van der Waals surface area contributed by atoms with Gasteiger partial charge < -0.3 is 19.5 Å². The van der Waals surface area contributed by atoms with E-state index in [1.807, 2.05) is 18.7 Å². The van der Waals surface area contributed by atoms with E-state index >= 15 is 0 Å². The van der Waals surface area contributed by atoms with Crippen LogP contribution >= 0.6 is 0 Å². The Morgan fingerprint density at radius 2 is 1.62 bits per heavy atom. The molecule has 1 aromatic carbocycles. The highest BCUT2D eigenvalue weighted by Crippen LogP contribution is 2.37. The van der Waals surface area contributed by atoms with Gasteiger partial charge in [-0.1, -0.05) is 37.3 Å². The van der Waals surface area contributed by atoms with Crippen LogP contribution in [0, 0.1) is 37.5 Å². The molecule has 3 saturated heterocycles. The van der Waals surface area contributed by atoms with E-state index in [4.69, 9.17) is 0 Å². The second kappa shape index (κ2) is 11.4. The lowest BCUT2D eigenvalue weighted by molar-refractivity contribution is -0.108. The van der Waals surface area contributed by atoms with Gasteiger partial charge in [0.25, 0.3) is 5.91 Å². The van der Waals surface area contributed by atoms with Crippen molar-refractivity contribution < 1.29 is 9.59 Å². The molecule has 2 aromatic rings. The third kappa shape index (κ3) is 5.78. The van der Waals surface area contributed by atoms with E-state index in [2.05, 4.69) is 57.0 Å². The summed E-state index contributed by atoms with van der Waals surface area (Å²) < 4.78 is 0. The number of aryl methyl sites for hydroxylation is 2. The highest BCUT2D eigenvalue weighted by Gasteiger charge is 2.42. The fourth-order valence-corrected chi connectivity index (χ4v) is 6.89. The van der Waals surface area contributed by atoms with Gasteiger partial charge in [-0.25, -0.2) is 9.97 Å². The van der Waals surface area contributed by atoms with Crippen LogP contribution in [-0.4, -0.2) is 89.2 Å². The Kier molecular flexibility index (Phi) is 8.01. The van der Waals surface area contributed by atoms with Crippen LogP contribution in [0.5, 0.6) is 0 Å². The van der Waals surface area contributed by atoms with E-state index in [-0.39, 0.29) is 5.91 Å². The SMILES string of the molecule is Cc1ncnc(C)c1C(=O)N1CC2CN(CCC(c3ccccc3)C3CN(CC(C)CC=O)C3)CC2C1. The van der Waals surface area contributed by atoms with Crippen LogP contribution in [0.15, 0.2) is 36.7 Å². The van der Waals surface area contributed by atoms with Gasteiger partial charge >= 0.3 is 0 Å². The molecule has 3 aliphatic rings. The van der Waals surface area contributed by atoms with Crippen LogP contribution in [-0.2, 0) is 4.79 Å². The Balaban J connectivity index is 1.14. The minimum Gasteiger partial charge on any atom is -0.338 e. The molecule has 0 bridgehead atoms. The van der Waals surface area contributed by atoms with E-state index in [1.165, 1.54) is 18.3 Å². The van der Waals surface area contributed by atoms with Crippen molar-refractivity contribution in [3.05, 3.63) is 59.2 Å². The molecule has 0 spiro atoms. The first-order valence-electron chi connectivity index (χ1n) is 13.9. The quantitative estimate of drug-likeness (QED) is 0.463. The highest BCUT2D eigenvalue weighted by atomic mass is 16.2. The first-order valence-corrected chi connectivity index (χ1v) is 13.9. The van der Waals surface area contributed by atoms with Crippen molar-refractivity contribution in [2.45, 2.75) is 39.5 Å². The lowest BCUT2D eigenvalue weighted by Crippen LogP contribution is -2.51. The second-order valence-corrected chi connectivity index (χ2v) is 11.7. The Labute approximate surface area is 221 Å². The van der Waals surface area contributed by atoms with Gasteiger partial charge in [0.2, 0.25) is 0 Å². The average Bonchev–Trinajstić information content (AvgIpc) is 3.42. The Hall–Kier alpha value is -2.64. The summed E-state index contributed by atoms with van der Waals surface area (Å²) in [6.45, 7) is 14.2. The molecular formula is C30H41N5O2. The van der Waals surface area contributed by atoms with Crippen LogP contribution in [0.2, 0.25) is 0 Å². The van der Waals surface area contributed by atoms with Crippen molar-refractivity contribution in [3.8, 4) is 0 Å². The zero-order chi connectivity index (χ0) is 25.9. The number of hydrogen-bond acceptors (Lipinski definition) is 6. The lowest BCUT2D eigenvalue weighted by atomic mass is 9.78. The molecule has 4 atom stereocenters. The largest absolute Gasteiger partial charge is 0.338 e. The molecule has 0 saturated carbocycles. The van der Waals surface area contributed by atoms with Crippen molar-refractivity contribution >= 4 is 12.2 Å². The molecule has 5 rings (SSSR count). The van der Waals surface area contributed by atoms with Gasteiger partial charge in [-0.05, 0) is 62.0 Å². The van der Waals surface area contributed by atoms with Crippen LogP contribution in [0.4, 0.5) is 0 Å². The summed E-state index contributed by atoms with van der Waals surface area (Å²) in [6, 6.07) is 11.0. The summed E-state index contributed by atoms with van der Waals surface area (Å²) in [5.74, 6) is 2.90. The van der Waals surface area contributed by atoms with Crippen LogP contribution in [0.3, 0.4) is 0 Å². The van der Waals surface area contributed by atoms with E-state index < -0.39 is 0 Å². The number of rotatable bonds is 10. The van der Waals surface area contributed by atoms with Gasteiger partial charge in [-0.3, -0.25) is 4.79 Å². The van der Waals surface area contributed by atoms with E-state index in [1.54, 1.807) is 0 Å². The van der Waals surface area contributed by atoms with Crippen molar-refractivity contribution in [2.75, 3.05) is 52.4 Å². The van der Waals surface area contributed by atoms with Gasteiger partial charge in [0, 0.05) is 52.2 Å². The van der Waals surface area contributed by atoms with Crippen molar-refractivity contribution in [1.29, 1.82) is 0 Å². The molecule has 4 unspecified atom stereocenters. The van der Waals surface area contributed by atoms with E-state index in [0.29, 0.717) is 41.6 Å². The van der Waals surface area contributed by atoms with Gasteiger partial charge in [-0.15, -0.1) is 0 Å². The zero-order valence-corrected chi connectivity index (χ0v) is 22.6. The minimum absolute atomic E-state index is 0.0951. The smallest absolute Gasteiger partial charge is 0.257 e. The summed E-state index contributed by atoms with van der Waals surface area (Å²) in [5.41, 5.74) is 3.69. The predicted octanol–water partition coefficient (Wildman–Crippen LogP) is 3.43. The number of aromatic nitrogens is 2. The molecule has 4 heterocycles. The molecule has 198 valence electrons. The predicted molar refractivity (Wildman–Crippen MR) is 144 cm³/mol. The van der Waals surface area contributed by atoms with Gasteiger partial charge in [0.1, 0.15) is 12.6 Å². The molecule has 1 aromatic heterocycles. The minimum atomic E-state index is 0.0951. The number of carbonyl (C=O) groups is 2. The third-order valence-electron chi connectivity index (χ3n) is 8.90. The summed E-state index contributed by atoms with van der Waals surface area (Å²) >= 11 is 0. The van der Waals surface area contributed by atoms with Crippen LogP contribution in [0.1, 0.15) is 53.0 Å². The Bertz CT molecular complexity index is 1050. The maximum absolute atomic E-state index is 13.2. The van der Waals surface area contributed by atoms with Crippen molar-refractivity contribution in [3.63, 3.8) is 0 Å². The number of likely N-dealkylation sites (tertiary alicyclic amines) is 3.